The Labute approximate surface area is 113 Å². The van der Waals surface area contributed by atoms with Gasteiger partial charge in [-0.1, -0.05) is 12.0 Å². The summed E-state index contributed by atoms with van der Waals surface area (Å²) in [5, 5.41) is 13.2. The minimum absolute atomic E-state index is 0.00704. The normalized spacial score (nSPS) is 25.4. The Morgan fingerprint density at radius 3 is 3.05 bits per heavy atom. The van der Waals surface area contributed by atoms with Crippen molar-refractivity contribution in [1.29, 1.82) is 0 Å². The van der Waals surface area contributed by atoms with E-state index in [1.54, 1.807) is 6.92 Å². The molecule has 2 rings (SSSR count). The summed E-state index contributed by atoms with van der Waals surface area (Å²) in [6.07, 6.45) is -0.0461. The van der Waals surface area contributed by atoms with Gasteiger partial charge in [0.2, 0.25) is 0 Å². The lowest BCUT2D eigenvalue weighted by Crippen LogP contribution is -2.34. The van der Waals surface area contributed by atoms with Crippen molar-refractivity contribution in [3.8, 4) is 0 Å². The van der Waals surface area contributed by atoms with Gasteiger partial charge in [-0.2, -0.15) is 0 Å². The molecule has 0 aliphatic carbocycles. The van der Waals surface area contributed by atoms with Crippen LogP contribution in [0.3, 0.4) is 0 Å². The number of hydrogen-bond acceptors (Lipinski definition) is 5. The van der Waals surface area contributed by atoms with Crippen LogP contribution in [-0.2, 0) is 11.2 Å². The minimum Gasteiger partial charge on any atom is -0.390 e. The van der Waals surface area contributed by atoms with E-state index in [0.29, 0.717) is 12.0 Å². The standard InChI is InChI=1S/C11H15N5O4/c1-2-6-5-16(11(19)14-10(6)18)9-3-7(17)8(20-9)4-13-15-12/h5,7-9,17H,2-4H2,1H3,(H,14,18,19). The second-order valence-corrected chi connectivity index (χ2v) is 4.52. The number of nitrogens with zero attached hydrogens (tertiary/aromatic N) is 4. The maximum absolute atomic E-state index is 11.8. The average Bonchev–Trinajstić information content (AvgIpc) is 2.77. The number of aryl methyl sites for hydroxylation is 1. The van der Waals surface area contributed by atoms with Gasteiger partial charge in [0.25, 0.3) is 5.56 Å². The van der Waals surface area contributed by atoms with Crippen LogP contribution in [0.5, 0.6) is 0 Å². The molecular weight excluding hydrogens is 266 g/mol. The maximum atomic E-state index is 11.8. The van der Waals surface area contributed by atoms with Crippen LogP contribution in [0.4, 0.5) is 0 Å². The lowest BCUT2D eigenvalue weighted by atomic mass is 10.2. The Balaban J connectivity index is 2.27. The zero-order valence-corrected chi connectivity index (χ0v) is 10.9. The molecule has 1 aliphatic rings. The zero-order valence-electron chi connectivity index (χ0n) is 10.9. The van der Waals surface area contributed by atoms with Gasteiger partial charge in [0.1, 0.15) is 6.23 Å². The summed E-state index contributed by atoms with van der Waals surface area (Å²) >= 11 is 0. The fourth-order valence-electron chi connectivity index (χ4n) is 2.16. The molecule has 1 fully saturated rings. The number of azide groups is 1. The van der Waals surface area contributed by atoms with Crippen molar-refractivity contribution in [3.05, 3.63) is 43.0 Å². The first-order valence-corrected chi connectivity index (χ1v) is 6.25. The molecule has 0 amide bonds. The van der Waals surface area contributed by atoms with E-state index in [4.69, 9.17) is 10.3 Å². The molecule has 0 aromatic carbocycles. The Morgan fingerprint density at radius 2 is 2.40 bits per heavy atom. The van der Waals surface area contributed by atoms with Crippen molar-refractivity contribution in [2.75, 3.05) is 6.54 Å². The average molecular weight is 281 g/mol. The molecule has 0 bridgehead atoms. The lowest BCUT2D eigenvalue weighted by molar-refractivity contribution is -0.0151. The van der Waals surface area contributed by atoms with Gasteiger partial charge in [0.05, 0.1) is 18.8 Å². The van der Waals surface area contributed by atoms with Crippen LogP contribution in [0.2, 0.25) is 0 Å². The van der Waals surface area contributed by atoms with Crippen molar-refractivity contribution in [2.45, 2.75) is 38.2 Å². The van der Waals surface area contributed by atoms with Crippen molar-refractivity contribution >= 4 is 0 Å². The van der Waals surface area contributed by atoms with Crippen LogP contribution in [0.1, 0.15) is 25.1 Å². The molecule has 1 saturated heterocycles. The fraction of sp³-hybridized carbons (Fsp3) is 0.636. The molecular formula is C11H15N5O4. The van der Waals surface area contributed by atoms with E-state index in [-0.39, 0.29) is 13.0 Å². The Kier molecular flexibility index (Phi) is 4.23. The van der Waals surface area contributed by atoms with Gasteiger partial charge in [0.15, 0.2) is 0 Å². The topological polar surface area (TPSA) is 133 Å². The van der Waals surface area contributed by atoms with E-state index in [2.05, 4.69) is 15.0 Å². The van der Waals surface area contributed by atoms with Crippen molar-refractivity contribution in [3.63, 3.8) is 0 Å². The fourth-order valence-corrected chi connectivity index (χ4v) is 2.16. The number of ether oxygens (including phenoxy) is 1. The van der Waals surface area contributed by atoms with Crippen LogP contribution >= 0.6 is 0 Å². The zero-order chi connectivity index (χ0) is 14.7. The summed E-state index contributed by atoms with van der Waals surface area (Å²) in [5.74, 6) is 0. The van der Waals surface area contributed by atoms with Gasteiger partial charge in [-0.15, -0.1) is 0 Å². The van der Waals surface area contributed by atoms with E-state index in [1.165, 1.54) is 10.8 Å². The number of rotatable bonds is 4. The molecule has 20 heavy (non-hydrogen) atoms. The predicted octanol–water partition coefficient (Wildman–Crippen LogP) is 0.0577. The molecule has 1 aliphatic heterocycles. The van der Waals surface area contributed by atoms with Crippen LogP contribution in [0.15, 0.2) is 20.9 Å². The molecule has 3 unspecified atom stereocenters. The third kappa shape index (κ3) is 2.74. The predicted molar refractivity (Wildman–Crippen MR) is 69.2 cm³/mol. The van der Waals surface area contributed by atoms with Gasteiger partial charge in [-0.25, -0.2) is 4.79 Å². The summed E-state index contributed by atoms with van der Waals surface area (Å²) in [6, 6.07) is 0. The second kappa shape index (κ2) is 5.91. The van der Waals surface area contributed by atoms with Crippen molar-refractivity contribution in [1.82, 2.24) is 9.55 Å². The molecule has 9 nitrogen and oxygen atoms in total. The molecule has 2 heterocycles. The number of nitrogens with one attached hydrogen (secondary N) is 1. The van der Waals surface area contributed by atoms with Gasteiger partial charge in [-0.05, 0) is 12.0 Å². The molecule has 108 valence electrons. The van der Waals surface area contributed by atoms with Gasteiger partial charge < -0.3 is 9.84 Å². The van der Waals surface area contributed by atoms with Crippen LogP contribution in [-0.4, -0.2) is 33.4 Å². The Morgan fingerprint density at radius 1 is 1.65 bits per heavy atom. The van der Waals surface area contributed by atoms with Gasteiger partial charge in [0, 0.05) is 23.1 Å². The molecule has 9 heteroatoms. The van der Waals surface area contributed by atoms with E-state index >= 15 is 0 Å². The van der Waals surface area contributed by atoms with Crippen molar-refractivity contribution in [2.24, 2.45) is 5.11 Å². The van der Waals surface area contributed by atoms with E-state index in [1.807, 2.05) is 0 Å². The highest BCUT2D eigenvalue weighted by Gasteiger charge is 2.35. The molecule has 0 saturated carbocycles. The largest absolute Gasteiger partial charge is 0.390 e. The summed E-state index contributed by atoms with van der Waals surface area (Å²) in [6.45, 7) is 1.79. The molecule has 2 N–H and O–H groups in total. The monoisotopic (exact) mass is 281 g/mol. The third-order valence-electron chi connectivity index (χ3n) is 3.26. The smallest absolute Gasteiger partial charge is 0.330 e. The summed E-state index contributed by atoms with van der Waals surface area (Å²) in [7, 11) is 0. The van der Waals surface area contributed by atoms with Crippen molar-refractivity contribution < 1.29 is 9.84 Å². The minimum atomic E-state index is -0.825. The molecule has 0 radical (unpaired) electrons. The number of aromatic amines is 1. The quantitative estimate of drug-likeness (QED) is 0.458. The first-order chi connectivity index (χ1) is 9.56. The van der Waals surface area contributed by atoms with Gasteiger partial charge >= 0.3 is 5.69 Å². The number of hydrogen-bond donors (Lipinski definition) is 2. The number of aliphatic hydroxyl groups excluding tert-OH is 1. The highest BCUT2D eigenvalue weighted by Crippen LogP contribution is 2.27. The SMILES string of the molecule is CCc1cn(C2CC(O)C(CN=[N+]=[N-])O2)c(=O)[nH]c1=O. The van der Waals surface area contributed by atoms with E-state index in [9.17, 15) is 14.7 Å². The first-order valence-electron chi connectivity index (χ1n) is 6.25. The number of aliphatic hydroxyl groups is 1. The molecule has 0 spiro atoms. The highest BCUT2D eigenvalue weighted by molar-refractivity contribution is 5.04. The molecule has 3 atom stereocenters. The van der Waals surface area contributed by atoms with Gasteiger partial charge in [-0.3, -0.25) is 14.3 Å². The maximum Gasteiger partial charge on any atom is 0.330 e. The second-order valence-electron chi connectivity index (χ2n) is 4.52. The third-order valence-corrected chi connectivity index (χ3v) is 3.26. The van der Waals surface area contributed by atoms with E-state index in [0.717, 1.165) is 0 Å². The van der Waals surface area contributed by atoms with Crippen LogP contribution < -0.4 is 11.2 Å². The first kappa shape index (κ1) is 14.3. The lowest BCUT2D eigenvalue weighted by Gasteiger charge is -2.15. The molecule has 1 aromatic rings. The Bertz CT molecular complexity index is 645. The number of H-pyrrole nitrogens is 1. The van der Waals surface area contributed by atoms with E-state index < -0.39 is 29.7 Å². The number of aromatic nitrogens is 2. The molecule has 1 aromatic heterocycles. The van der Waals surface area contributed by atoms with Crippen LogP contribution in [0.25, 0.3) is 10.4 Å². The summed E-state index contributed by atoms with van der Waals surface area (Å²) in [5.41, 5.74) is 7.72. The van der Waals surface area contributed by atoms with Crippen LogP contribution in [0, 0.1) is 0 Å². The summed E-state index contributed by atoms with van der Waals surface area (Å²) in [4.78, 5) is 28.1. The Hall–Kier alpha value is -2.09. The summed E-state index contributed by atoms with van der Waals surface area (Å²) < 4.78 is 6.76. The highest BCUT2D eigenvalue weighted by atomic mass is 16.5.